The third-order valence-corrected chi connectivity index (χ3v) is 3.93. The highest BCUT2D eigenvalue weighted by atomic mass is 35.5. The standard InChI is InChI=1S/C21H23ClN2O3/c1-3-5-20(25)23-16-9-12-18(22)19(14-16)24-21(26)13-8-15-6-10-17(11-7-15)27-4-2/h6-14H,3-5H2,1-2H3,(H,23,25)(H,24,26)/b13-8+. The van der Waals surface area contributed by atoms with Crippen molar-refractivity contribution in [3.63, 3.8) is 0 Å². The van der Waals surface area contributed by atoms with E-state index < -0.39 is 0 Å². The van der Waals surface area contributed by atoms with Crippen LogP contribution in [-0.2, 0) is 9.59 Å². The average Bonchev–Trinajstić information content (AvgIpc) is 2.64. The van der Waals surface area contributed by atoms with E-state index >= 15 is 0 Å². The van der Waals surface area contributed by atoms with Crippen molar-refractivity contribution in [1.82, 2.24) is 0 Å². The van der Waals surface area contributed by atoms with Gasteiger partial charge in [-0.15, -0.1) is 0 Å². The quantitative estimate of drug-likeness (QED) is 0.618. The molecule has 0 aromatic heterocycles. The molecule has 27 heavy (non-hydrogen) atoms. The third-order valence-electron chi connectivity index (χ3n) is 3.60. The first kappa shape index (κ1) is 20.5. The first-order chi connectivity index (χ1) is 13.0. The van der Waals surface area contributed by atoms with Crippen LogP contribution in [0.3, 0.4) is 0 Å². The number of halogens is 1. The van der Waals surface area contributed by atoms with Crippen LogP contribution in [0.2, 0.25) is 5.02 Å². The topological polar surface area (TPSA) is 67.4 Å². The predicted molar refractivity (Wildman–Crippen MR) is 110 cm³/mol. The lowest BCUT2D eigenvalue weighted by atomic mass is 10.2. The summed E-state index contributed by atoms with van der Waals surface area (Å²) in [4.78, 5) is 23.9. The molecule has 0 saturated heterocycles. The van der Waals surface area contributed by atoms with E-state index in [4.69, 9.17) is 16.3 Å². The van der Waals surface area contributed by atoms with Gasteiger partial charge in [-0.1, -0.05) is 30.7 Å². The number of hydrogen-bond acceptors (Lipinski definition) is 3. The van der Waals surface area contributed by atoms with Crippen LogP contribution in [-0.4, -0.2) is 18.4 Å². The molecule has 0 aliphatic heterocycles. The van der Waals surface area contributed by atoms with Crippen LogP contribution in [0.25, 0.3) is 6.08 Å². The molecule has 2 N–H and O–H groups in total. The normalized spacial score (nSPS) is 10.6. The highest BCUT2D eigenvalue weighted by molar-refractivity contribution is 6.34. The minimum atomic E-state index is -0.317. The second-order valence-electron chi connectivity index (χ2n) is 5.82. The van der Waals surface area contributed by atoms with Gasteiger partial charge in [-0.25, -0.2) is 0 Å². The Morgan fingerprint density at radius 2 is 1.81 bits per heavy atom. The Bertz CT molecular complexity index is 817. The second-order valence-corrected chi connectivity index (χ2v) is 6.22. The Labute approximate surface area is 164 Å². The van der Waals surface area contributed by atoms with E-state index in [1.807, 2.05) is 38.1 Å². The number of benzene rings is 2. The summed E-state index contributed by atoms with van der Waals surface area (Å²) < 4.78 is 5.38. The minimum Gasteiger partial charge on any atom is -0.494 e. The Morgan fingerprint density at radius 1 is 1.07 bits per heavy atom. The Balaban J connectivity index is 2.00. The fourth-order valence-electron chi connectivity index (χ4n) is 2.34. The van der Waals surface area contributed by atoms with Crippen LogP contribution in [0.4, 0.5) is 11.4 Å². The SMILES string of the molecule is CCCC(=O)Nc1ccc(Cl)c(NC(=O)/C=C/c2ccc(OCC)cc2)c1. The summed E-state index contributed by atoms with van der Waals surface area (Å²) >= 11 is 6.14. The largest absolute Gasteiger partial charge is 0.494 e. The van der Waals surface area contributed by atoms with Crippen molar-refractivity contribution in [3.05, 3.63) is 59.1 Å². The summed E-state index contributed by atoms with van der Waals surface area (Å²) in [6.45, 7) is 4.47. The molecule has 0 fully saturated rings. The number of hydrogen-bond donors (Lipinski definition) is 2. The zero-order valence-corrected chi connectivity index (χ0v) is 16.2. The molecule has 2 aromatic rings. The van der Waals surface area contributed by atoms with Crippen LogP contribution in [0.5, 0.6) is 5.75 Å². The van der Waals surface area contributed by atoms with Gasteiger partial charge in [0.25, 0.3) is 0 Å². The fourth-order valence-corrected chi connectivity index (χ4v) is 2.50. The number of rotatable bonds is 8. The van der Waals surface area contributed by atoms with Crippen LogP contribution in [0.1, 0.15) is 32.3 Å². The predicted octanol–water partition coefficient (Wildman–Crippen LogP) is 5.13. The molecule has 0 heterocycles. The summed E-state index contributed by atoms with van der Waals surface area (Å²) in [6, 6.07) is 12.4. The zero-order valence-electron chi connectivity index (χ0n) is 15.4. The molecule has 2 aromatic carbocycles. The molecular formula is C21H23ClN2O3. The van der Waals surface area contributed by atoms with Gasteiger partial charge in [0, 0.05) is 18.2 Å². The van der Waals surface area contributed by atoms with Crippen molar-refractivity contribution in [2.75, 3.05) is 17.2 Å². The van der Waals surface area contributed by atoms with Crippen LogP contribution < -0.4 is 15.4 Å². The maximum Gasteiger partial charge on any atom is 0.248 e. The van der Waals surface area contributed by atoms with Crippen LogP contribution >= 0.6 is 11.6 Å². The molecule has 5 nitrogen and oxygen atoms in total. The fraction of sp³-hybridized carbons (Fsp3) is 0.238. The molecule has 2 amide bonds. The summed E-state index contributed by atoms with van der Waals surface area (Å²) in [6.07, 6.45) is 4.33. The molecule has 0 atom stereocenters. The van der Waals surface area contributed by atoms with Gasteiger partial charge in [0.05, 0.1) is 17.3 Å². The van der Waals surface area contributed by atoms with Gasteiger partial charge in [-0.2, -0.15) is 0 Å². The van der Waals surface area contributed by atoms with E-state index in [2.05, 4.69) is 10.6 Å². The van der Waals surface area contributed by atoms with E-state index in [1.165, 1.54) is 6.08 Å². The van der Waals surface area contributed by atoms with Gasteiger partial charge in [0.2, 0.25) is 11.8 Å². The number of carbonyl (C=O) groups excluding carboxylic acids is 2. The van der Waals surface area contributed by atoms with Crippen LogP contribution in [0.15, 0.2) is 48.5 Å². The van der Waals surface area contributed by atoms with Crippen molar-refractivity contribution in [3.8, 4) is 5.75 Å². The van der Waals surface area contributed by atoms with Gasteiger partial charge in [-0.3, -0.25) is 9.59 Å². The first-order valence-electron chi connectivity index (χ1n) is 8.83. The van der Waals surface area contributed by atoms with Gasteiger partial charge >= 0.3 is 0 Å². The summed E-state index contributed by atoms with van der Waals surface area (Å²) in [5, 5.41) is 5.90. The Kier molecular flexibility index (Phi) is 7.89. The van der Waals surface area contributed by atoms with Gasteiger partial charge < -0.3 is 15.4 Å². The van der Waals surface area contributed by atoms with E-state index in [9.17, 15) is 9.59 Å². The van der Waals surface area contributed by atoms with E-state index in [1.54, 1.807) is 24.3 Å². The van der Waals surface area contributed by atoms with Crippen molar-refractivity contribution in [2.45, 2.75) is 26.7 Å². The highest BCUT2D eigenvalue weighted by Gasteiger charge is 2.07. The Morgan fingerprint density at radius 3 is 2.48 bits per heavy atom. The van der Waals surface area contributed by atoms with E-state index in [0.717, 1.165) is 17.7 Å². The number of carbonyl (C=O) groups is 2. The lowest BCUT2D eigenvalue weighted by molar-refractivity contribution is -0.116. The maximum absolute atomic E-state index is 12.2. The Hall–Kier alpha value is -2.79. The maximum atomic E-state index is 12.2. The van der Waals surface area contributed by atoms with Gasteiger partial charge in [0.1, 0.15) is 5.75 Å². The van der Waals surface area contributed by atoms with Gasteiger partial charge in [-0.05, 0) is 55.3 Å². The molecule has 0 aliphatic rings. The van der Waals surface area contributed by atoms with Crippen molar-refractivity contribution >= 4 is 40.9 Å². The smallest absolute Gasteiger partial charge is 0.248 e. The number of anilines is 2. The van der Waals surface area contributed by atoms with E-state index in [0.29, 0.717) is 29.4 Å². The lowest BCUT2D eigenvalue weighted by Gasteiger charge is -2.09. The number of ether oxygens (including phenoxy) is 1. The number of amides is 2. The van der Waals surface area contributed by atoms with Crippen molar-refractivity contribution in [2.24, 2.45) is 0 Å². The molecule has 0 bridgehead atoms. The van der Waals surface area contributed by atoms with Crippen molar-refractivity contribution < 1.29 is 14.3 Å². The molecule has 0 radical (unpaired) electrons. The van der Waals surface area contributed by atoms with E-state index in [-0.39, 0.29) is 11.8 Å². The van der Waals surface area contributed by atoms with Crippen LogP contribution in [0, 0.1) is 0 Å². The first-order valence-corrected chi connectivity index (χ1v) is 9.21. The average molecular weight is 387 g/mol. The number of nitrogens with one attached hydrogen (secondary N) is 2. The van der Waals surface area contributed by atoms with Crippen molar-refractivity contribution in [1.29, 1.82) is 0 Å². The molecule has 0 saturated carbocycles. The lowest BCUT2D eigenvalue weighted by Crippen LogP contribution is -2.12. The summed E-state index contributed by atoms with van der Waals surface area (Å²) in [5.41, 5.74) is 1.90. The monoisotopic (exact) mass is 386 g/mol. The highest BCUT2D eigenvalue weighted by Crippen LogP contribution is 2.26. The zero-order chi connectivity index (χ0) is 19.6. The summed E-state index contributed by atoms with van der Waals surface area (Å²) in [7, 11) is 0. The molecule has 142 valence electrons. The molecule has 2 rings (SSSR count). The molecular weight excluding hydrogens is 364 g/mol. The second kappa shape index (κ2) is 10.4. The summed E-state index contributed by atoms with van der Waals surface area (Å²) in [5.74, 6) is 0.392. The molecule has 0 spiro atoms. The van der Waals surface area contributed by atoms with Gasteiger partial charge in [0.15, 0.2) is 0 Å². The molecule has 0 aliphatic carbocycles. The minimum absolute atomic E-state index is 0.0764. The third kappa shape index (κ3) is 6.79. The molecule has 6 heteroatoms. The molecule has 0 unspecified atom stereocenters.